The maximum atomic E-state index is 11.2. The average Bonchev–Trinajstić information content (AvgIpc) is 2.26. The number of ether oxygens (including phenoxy) is 1. The summed E-state index contributed by atoms with van der Waals surface area (Å²) < 4.78 is 5.06. The van der Waals surface area contributed by atoms with Crippen molar-refractivity contribution in [1.29, 1.82) is 0 Å². The molecule has 0 bridgehead atoms. The summed E-state index contributed by atoms with van der Waals surface area (Å²) in [5, 5.41) is 0. The highest BCUT2D eigenvalue weighted by Crippen LogP contribution is 2.05. The second kappa shape index (κ2) is 11.7. The molecule has 0 aromatic rings. The van der Waals surface area contributed by atoms with Crippen molar-refractivity contribution in [1.82, 2.24) is 0 Å². The van der Waals surface area contributed by atoms with Gasteiger partial charge in [-0.1, -0.05) is 38.3 Å². The van der Waals surface area contributed by atoms with E-state index in [4.69, 9.17) is 4.74 Å². The molecule has 0 aromatic heterocycles. The van der Waals surface area contributed by atoms with Gasteiger partial charge in [-0.25, -0.2) is 0 Å². The predicted octanol–water partition coefficient (Wildman–Crippen LogP) is 4.63. The number of allylic oxidation sites excluding steroid dienone is 2. The van der Waals surface area contributed by atoms with Gasteiger partial charge in [0.15, 0.2) is 0 Å². The van der Waals surface area contributed by atoms with E-state index in [0.717, 1.165) is 12.8 Å². The maximum Gasteiger partial charge on any atom is 0.306 e. The number of carbonyl (C=O) groups excluding carboxylic acids is 1. The zero-order valence-electron chi connectivity index (χ0n) is 11.7. The lowest BCUT2D eigenvalue weighted by molar-refractivity contribution is -0.147. The first-order valence-electron chi connectivity index (χ1n) is 7.01. The van der Waals surface area contributed by atoms with Crippen molar-refractivity contribution in [3.63, 3.8) is 0 Å². The van der Waals surface area contributed by atoms with Crippen molar-refractivity contribution in [3.05, 3.63) is 12.2 Å². The summed E-state index contributed by atoms with van der Waals surface area (Å²) in [5.41, 5.74) is 0. The highest BCUT2D eigenvalue weighted by Gasteiger charge is 2.03. The Kier molecular flexibility index (Phi) is 11.1. The van der Waals surface area contributed by atoms with Gasteiger partial charge in [-0.3, -0.25) is 4.79 Å². The van der Waals surface area contributed by atoms with Gasteiger partial charge in [-0.15, -0.1) is 0 Å². The van der Waals surface area contributed by atoms with Gasteiger partial charge in [-0.2, -0.15) is 0 Å². The van der Waals surface area contributed by atoms with E-state index in [1.165, 1.54) is 32.1 Å². The molecular weight excluding hydrogens is 212 g/mol. The molecule has 0 saturated carbocycles. The van der Waals surface area contributed by atoms with Crippen molar-refractivity contribution < 1.29 is 9.53 Å². The Morgan fingerprint density at radius 1 is 1.06 bits per heavy atom. The quantitative estimate of drug-likeness (QED) is 0.316. The van der Waals surface area contributed by atoms with Gasteiger partial charge in [0.1, 0.15) is 0 Å². The number of rotatable bonds is 10. The molecule has 0 spiro atoms. The molecule has 0 rings (SSSR count). The molecule has 0 aliphatic carbocycles. The number of unbranched alkanes of at least 4 members (excludes halogenated alkanes) is 5. The molecule has 2 heteroatoms. The molecule has 0 amide bonds. The minimum absolute atomic E-state index is 0.0107. The zero-order chi connectivity index (χ0) is 12.9. The summed E-state index contributed by atoms with van der Waals surface area (Å²) in [6.07, 6.45) is 13.3. The van der Waals surface area contributed by atoms with Crippen molar-refractivity contribution in [3.8, 4) is 0 Å². The Bertz CT molecular complexity index is 207. The first-order chi connectivity index (χ1) is 8.16. The smallest absolute Gasteiger partial charge is 0.306 e. The summed E-state index contributed by atoms with van der Waals surface area (Å²) in [5.74, 6) is -0.0728. The molecule has 17 heavy (non-hydrogen) atoms. The fourth-order valence-corrected chi connectivity index (χ4v) is 1.61. The van der Waals surface area contributed by atoms with Crippen molar-refractivity contribution in [2.24, 2.45) is 0 Å². The fraction of sp³-hybridized carbons (Fsp3) is 0.800. The van der Waals surface area contributed by atoms with Crippen LogP contribution in [0.4, 0.5) is 0 Å². The minimum Gasteiger partial charge on any atom is -0.463 e. The number of hydrogen-bond donors (Lipinski definition) is 0. The number of hydrogen-bond acceptors (Lipinski definition) is 2. The minimum atomic E-state index is -0.0728. The molecule has 0 heterocycles. The van der Waals surface area contributed by atoms with Crippen molar-refractivity contribution in [2.75, 3.05) is 0 Å². The van der Waals surface area contributed by atoms with E-state index < -0.39 is 0 Å². The lowest BCUT2D eigenvalue weighted by atomic mass is 10.1. The van der Waals surface area contributed by atoms with Gasteiger partial charge in [0.25, 0.3) is 0 Å². The van der Waals surface area contributed by atoms with Crippen LogP contribution < -0.4 is 0 Å². The van der Waals surface area contributed by atoms with Crippen LogP contribution in [-0.4, -0.2) is 12.1 Å². The highest BCUT2D eigenvalue weighted by atomic mass is 16.5. The average molecular weight is 240 g/mol. The molecule has 0 aromatic carbocycles. The number of carbonyl (C=O) groups is 1. The van der Waals surface area contributed by atoms with Crippen LogP contribution in [0, 0.1) is 0 Å². The Balaban J connectivity index is 3.27. The molecule has 100 valence electrons. The van der Waals surface area contributed by atoms with E-state index in [-0.39, 0.29) is 12.1 Å². The SMILES string of the molecule is CCCCCCC=CCCCC(=O)OC(C)C. The van der Waals surface area contributed by atoms with Crippen LogP contribution in [-0.2, 0) is 9.53 Å². The molecule has 0 saturated heterocycles. The van der Waals surface area contributed by atoms with E-state index in [1.54, 1.807) is 0 Å². The van der Waals surface area contributed by atoms with Crippen LogP contribution in [0.15, 0.2) is 12.2 Å². The second-order valence-electron chi connectivity index (χ2n) is 4.75. The van der Waals surface area contributed by atoms with Crippen molar-refractivity contribution >= 4 is 5.97 Å². The zero-order valence-corrected chi connectivity index (χ0v) is 11.7. The van der Waals surface area contributed by atoms with Crippen molar-refractivity contribution in [2.45, 2.75) is 78.2 Å². The Labute approximate surface area is 106 Å². The first kappa shape index (κ1) is 16.2. The summed E-state index contributed by atoms with van der Waals surface area (Å²) in [7, 11) is 0. The lowest BCUT2D eigenvalue weighted by Gasteiger charge is -2.06. The van der Waals surface area contributed by atoms with Gasteiger partial charge in [0, 0.05) is 6.42 Å². The molecule has 0 unspecified atom stereocenters. The van der Waals surface area contributed by atoms with Crippen LogP contribution in [0.2, 0.25) is 0 Å². The summed E-state index contributed by atoms with van der Waals surface area (Å²) >= 11 is 0. The normalized spacial score (nSPS) is 11.3. The van der Waals surface area contributed by atoms with Crippen LogP contribution in [0.5, 0.6) is 0 Å². The predicted molar refractivity (Wildman–Crippen MR) is 73.0 cm³/mol. The fourth-order valence-electron chi connectivity index (χ4n) is 1.61. The molecule has 0 aliphatic heterocycles. The van der Waals surface area contributed by atoms with Crippen LogP contribution in [0.3, 0.4) is 0 Å². The molecular formula is C15H28O2. The Morgan fingerprint density at radius 3 is 2.29 bits per heavy atom. The van der Waals surface area contributed by atoms with E-state index >= 15 is 0 Å². The van der Waals surface area contributed by atoms with Gasteiger partial charge < -0.3 is 4.74 Å². The molecule has 0 N–H and O–H groups in total. The lowest BCUT2D eigenvalue weighted by Crippen LogP contribution is -2.10. The Morgan fingerprint density at radius 2 is 1.71 bits per heavy atom. The molecule has 0 atom stereocenters. The van der Waals surface area contributed by atoms with Crippen LogP contribution in [0.25, 0.3) is 0 Å². The van der Waals surface area contributed by atoms with E-state index in [0.29, 0.717) is 6.42 Å². The third kappa shape index (κ3) is 13.1. The third-order valence-corrected chi connectivity index (χ3v) is 2.51. The van der Waals surface area contributed by atoms with Crippen LogP contribution >= 0.6 is 0 Å². The molecule has 0 fully saturated rings. The van der Waals surface area contributed by atoms with Crippen LogP contribution in [0.1, 0.15) is 72.1 Å². The Hall–Kier alpha value is -0.790. The summed E-state index contributed by atoms with van der Waals surface area (Å²) in [6.45, 7) is 5.99. The monoisotopic (exact) mass is 240 g/mol. The first-order valence-corrected chi connectivity index (χ1v) is 7.01. The van der Waals surface area contributed by atoms with E-state index in [9.17, 15) is 4.79 Å². The molecule has 0 radical (unpaired) electrons. The third-order valence-electron chi connectivity index (χ3n) is 2.51. The summed E-state index contributed by atoms with van der Waals surface area (Å²) in [6, 6.07) is 0. The van der Waals surface area contributed by atoms with E-state index in [1.807, 2.05) is 13.8 Å². The van der Waals surface area contributed by atoms with Gasteiger partial charge in [-0.05, 0) is 39.5 Å². The standard InChI is InChI=1S/C15H28O2/c1-4-5-6-7-8-9-10-11-12-13-15(16)17-14(2)3/h9-10,14H,4-8,11-13H2,1-3H3. The van der Waals surface area contributed by atoms with Gasteiger partial charge in [0.2, 0.25) is 0 Å². The highest BCUT2D eigenvalue weighted by molar-refractivity contribution is 5.69. The van der Waals surface area contributed by atoms with Gasteiger partial charge in [0.05, 0.1) is 6.10 Å². The largest absolute Gasteiger partial charge is 0.463 e. The second-order valence-corrected chi connectivity index (χ2v) is 4.75. The van der Waals surface area contributed by atoms with Gasteiger partial charge >= 0.3 is 5.97 Å². The topological polar surface area (TPSA) is 26.3 Å². The maximum absolute atomic E-state index is 11.2. The molecule has 2 nitrogen and oxygen atoms in total. The number of esters is 1. The van der Waals surface area contributed by atoms with E-state index in [2.05, 4.69) is 19.1 Å². The molecule has 0 aliphatic rings. The summed E-state index contributed by atoms with van der Waals surface area (Å²) in [4.78, 5) is 11.2.